The van der Waals surface area contributed by atoms with Gasteiger partial charge in [-0.05, 0) is 36.2 Å². The van der Waals surface area contributed by atoms with E-state index in [1.165, 1.54) is 12.1 Å². The minimum Gasteiger partial charge on any atom is -0.494 e. The second kappa shape index (κ2) is 5.40. The lowest BCUT2D eigenvalue weighted by molar-refractivity contribution is 0.457. The number of H-pyrrole nitrogens is 1. The second-order valence-corrected chi connectivity index (χ2v) is 5.03. The lowest BCUT2D eigenvalue weighted by Gasteiger charge is -1.97. The van der Waals surface area contributed by atoms with Crippen molar-refractivity contribution < 1.29 is 9.50 Å². The Hall–Kier alpha value is -2.62. The molecule has 3 rings (SSSR count). The van der Waals surface area contributed by atoms with Gasteiger partial charge in [-0.3, -0.25) is 4.99 Å². The minimum absolute atomic E-state index is 0.110. The molecule has 0 fully saturated rings. The quantitative estimate of drug-likeness (QED) is 0.702. The van der Waals surface area contributed by atoms with E-state index < -0.39 is 0 Å². The van der Waals surface area contributed by atoms with Crippen LogP contribution in [0.15, 0.2) is 47.5 Å². The number of aliphatic imine (C=N–C) groups is 1. The first-order valence-corrected chi connectivity index (χ1v) is 6.69. The Bertz CT molecular complexity index is 804. The van der Waals surface area contributed by atoms with Gasteiger partial charge in [-0.25, -0.2) is 4.39 Å². The first-order chi connectivity index (χ1) is 10.1. The number of fused-ring (bicyclic) bond motifs is 1. The van der Waals surface area contributed by atoms with Gasteiger partial charge in [0.05, 0.1) is 12.1 Å². The van der Waals surface area contributed by atoms with Gasteiger partial charge in [-0.1, -0.05) is 24.3 Å². The molecule has 21 heavy (non-hydrogen) atoms. The Morgan fingerprint density at radius 2 is 1.95 bits per heavy atom. The van der Waals surface area contributed by atoms with Crippen molar-refractivity contribution in [3.8, 4) is 5.88 Å². The van der Waals surface area contributed by atoms with Gasteiger partial charge in [-0.15, -0.1) is 0 Å². The molecule has 0 spiro atoms. The molecule has 3 nitrogen and oxygen atoms in total. The molecular formula is C17H15FN2O. The van der Waals surface area contributed by atoms with E-state index in [0.717, 1.165) is 22.0 Å². The summed E-state index contributed by atoms with van der Waals surface area (Å²) in [6.45, 7) is 2.44. The molecule has 0 saturated carbocycles. The standard InChI is InChI=1S/C17H15FN2O/c1-11-2-7-14-15(17(21)20-16(14)8-11)10-19-9-12-3-5-13(18)6-4-12/h2-8,10,20-21H,9H2,1H3. The fourth-order valence-electron chi connectivity index (χ4n) is 2.28. The van der Waals surface area contributed by atoms with Crippen LogP contribution in [0, 0.1) is 12.7 Å². The predicted molar refractivity (Wildman–Crippen MR) is 82.4 cm³/mol. The summed E-state index contributed by atoms with van der Waals surface area (Å²) >= 11 is 0. The van der Waals surface area contributed by atoms with Crippen molar-refractivity contribution in [3.05, 3.63) is 65.0 Å². The van der Waals surface area contributed by atoms with E-state index in [4.69, 9.17) is 0 Å². The molecule has 3 aromatic rings. The fraction of sp³-hybridized carbons (Fsp3) is 0.118. The van der Waals surface area contributed by atoms with Crippen LogP contribution in [-0.4, -0.2) is 16.3 Å². The monoisotopic (exact) mass is 282 g/mol. The van der Waals surface area contributed by atoms with Gasteiger partial charge < -0.3 is 10.1 Å². The number of aromatic hydroxyl groups is 1. The Balaban J connectivity index is 1.85. The smallest absolute Gasteiger partial charge is 0.198 e. The maximum absolute atomic E-state index is 12.8. The number of nitrogens with zero attached hydrogens (tertiary/aromatic N) is 1. The lowest BCUT2D eigenvalue weighted by Crippen LogP contribution is -1.85. The van der Waals surface area contributed by atoms with Crippen molar-refractivity contribution in [3.63, 3.8) is 0 Å². The summed E-state index contributed by atoms with van der Waals surface area (Å²) in [4.78, 5) is 7.26. The van der Waals surface area contributed by atoms with Gasteiger partial charge in [0.2, 0.25) is 0 Å². The van der Waals surface area contributed by atoms with E-state index in [-0.39, 0.29) is 11.7 Å². The number of benzene rings is 2. The molecule has 0 radical (unpaired) electrons. The van der Waals surface area contributed by atoms with Crippen LogP contribution in [0.25, 0.3) is 10.9 Å². The number of hydrogen-bond acceptors (Lipinski definition) is 2. The highest BCUT2D eigenvalue weighted by Crippen LogP contribution is 2.26. The maximum atomic E-state index is 12.8. The molecule has 106 valence electrons. The number of halogens is 1. The minimum atomic E-state index is -0.257. The van der Waals surface area contributed by atoms with Gasteiger partial charge in [0.1, 0.15) is 5.82 Å². The van der Waals surface area contributed by atoms with Crippen molar-refractivity contribution in [2.24, 2.45) is 4.99 Å². The fourth-order valence-corrected chi connectivity index (χ4v) is 2.28. The van der Waals surface area contributed by atoms with Crippen LogP contribution in [0.5, 0.6) is 5.88 Å². The van der Waals surface area contributed by atoms with Crippen LogP contribution in [-0.2, 0) is 6.54 Å². The van der Waals surface area contributed by atoms with Gasteiger partial charge in [0.15, 0.2) is 5.88 Å². The molecule has 1 heterocycles. The van der Waals surface area contributed by atoms with E-state index >= 15 is 0 Å². The average molecular weight is 282 g/mol. The van der Waals surface area contributed by atoms with Crippen LogP contribution < -0.4 is 0 Å². The molecule has 0 saturated heterocycles. The average Bonchev–Trinajstić information content (AvgIpc) is 2.76. The van der Waals surface area contributed by atoms with Crippen LogP contribution in [0.3, 0.4) is 0 Å². The first kappa shape index (κ1) is 13.4. The van der Waals surface area contributed by atoms with Crippen LogP contribution in [0.1, 0.15) is 16.7 Å². The van der Waals surface area contributed by atoms with E-state index in [2.05, 4.69) is 9.98 Å². The molecule has 1 aromatic heterocycles. The molecule has 0 aliphatic carbocycles. The van der Waals surface area contributed by atoms with Crippen molar-refractivity contribution >= 4 is 17.1 Å². The highest BCUT2D eigenvalue weighted by Gasteiger charge is 2.08. The second-order valence-electron chi connectivity index (χ2n) is 5.03. The highest BCUT2D eigenvalue weighted by atomic mass is 19.1. The van der Waals surface area contributed by atoms with Gasteiger partial charge in [0, 0.05) is 17.1 Å². The first-order valence-electron chi connectivity index (χ1n) is 6.69. The largest absolute Gasteiger partial charge is 0.494 e. The van der Waals surface area contributed by atoms with Gasteiger partial charge in [0.25, 0.3) is 0 Å². The normalized spacial score (nSPS) is 11.5. The summed E-state index contributed by atoms with van der Waals surface area (Å²) in [6.07, 6.45) is 1.65. The Kier molecular flexibility index (Phi) is 3.44. The predicted octanol–water partition coefficient (Wildman–Crippen LogP) is 3.94. The molecule has 0 aliphatic rings. The lowest BCUT2D eigenvalue weighted by atomic mass is 10.1. The molecule has 2 N–H and O–H groups in total. The molecule has 0 bridgehead atoms. The van der Waals surface area contributed by atoms with Gasteiger partial charge >= 0.3 is 0 Å². The van der Waals surface area contributed by atoms with E-state index in [1.54, 1.807) is 18.3 Å². The third-order valence-electron chi connectivity index (χ3n) is 3.38. The zero-order valence-corrected chi connectivity index (χ0v) is 11.6. The summed E-state index contributed by atoms with van der Waals surface area (Å²) in [5.41, 5.74) is 3.60. The van der Waals surface area contributed by atoms with E-state index in [1.807, 2.05) is 25.1 Å². The summed E-state index contributed by atoms with van der Waals surface area (Å²) in [6, 6.07) is 12.2. The van der Waals surface area contributed by atoms with Crippen LogP contribution in [0.4, 0.5) is 4.39 Å². The molecule has 4 heteroatoms. The summed E-state index contributed by atoms with van der Waals surface area (Å²) < 4.78 is 12.8. The summed E-state index contributed by atoms with van der Waals surface area (Å²) in [5, 5.41) is 10.9. The molecule has 0 unspecified atom stereocenters. The number of aryl methyl sites for hydroxylation is 1. The number of nitrogens with one attached hydrogen (secondary N) is 1. The number of rotatable bonds is 3. The molecule has 0 atom stereocenters. The third kappa shape index (κ3) is 2.79. The third-order valence-corrected chi connectivity index (χ3v) is 3.38. The topological polar surface area (TPSA) is 48.4 Å². The number of hydrogen-bond donors (Lipinski definition) is 2. The van der Waals surface area contributed by atoms with E-state index in [9.17, 15) is 9.50 Å². The van der Waals surface area contributed by atoms with Crippen molar-refractivity contribution in [2.45, 2.75) is 13.5 Å². The van der Waals surface area contributed by atoms with Gasteiger partial charge in [-0.2, -0.15) is 0 Å². The van der Waals surface area contributed by atoms with Crippen molar-refractivity contribution in [1.29, 1.82) is 0 Å². The SMILES string of the molecule is Cc1ccc2c(C=NCc3ccc(F)cc3)c(O)[nH]c2c1. The highest BCUT2D eigenvalue weighted by molar-refractivity contribution is 6.02. The molecule has 0 amide bonds. The summed E-state index contributed by atoms with van der Waals surface area (Å²) in [7, 11) is 0. The molecule has 0 aliphatic heterocycles. The zero-order chi connectivity index (χ0) is 14.8. The maximum Gasteiger partial charge on any atom is 0.198 e. The number of aromatic amines is 1. The van der Waals surface area contributed by atoms with Crippen molar-refractivity contribution in [2.75, 3.05) is 0 Å². The van der Waals surface area contributed by atoms with E-state index in [0.29, 0.717) is 12.1 Å². The Labute approximate surface area is 121 Å². The zero-order valence-electron chi connectivity index (χ0n) is 11.6. The molecular weight excluding hydrogens is 267 g/mol. The number of aromatic nitrogens is 1. The van der Waals surface area contributed by atoms with Crippen LogP contribution in [0.2, 0.25) is 0 Å². The molecule has 2 aromatic carbocycles. The Morgan fingerprint density at radius 3 is 2.71 bits per heavy atom. The van der Waals surface area contributed by atoms with Crippen LogP contribution >= 0.6 is 0 Å². The summed E-state index contributed by atoms with van der Waals surface area (Å²) in [5.74, 6) is -0.147. The Morgan fingerprint density at radius 1 is 1.19 bits per heavy atom. The van der Waals surface area contributed by atoms with Crippen molar-refractivity contribution in [1.82, 2.24) is 4.98 Å².